The van der Waals surface area contributed by atoms with E-state index < -0.39 is 5.82 Å². The first kappa shape index (κ1) is 21.1. The number of benzene rings is 3. The van der Waals surface area contributed by atoms with E-state index in [0.717, 1.165) is 27.5 Å². The summed E-state index contributed by atoms with van der Waals surface area (Å²) in [6, 6.07) is 20.7. The van der Waals surface area contributed by atoms with Crippen molar-refractivity contribution < 1.29 is 14.0 Å². The van der Waals surface area contributed by atoms with Gasteiger partial charge < -0.3 is 4.90 Å². The molecule has 0 radical (unpaired) electrons. The molecule has 2 amide bonds. The van der Waals surface area contributed by atoms with Crippen molar-refractivity contribution in [2.75, 3.05) is 9.80 Å². The van der Waals surface area contributed by atoms with Crippen LogP contribution in [-0.4, -0.2) is 16.1 Å². The van der Waals surface area contributed by atoms with Crippen molar-refractivity contribution in [2.24, 2.45) is 0 Å². The van der Waals surface area contributed by atoms with E-state index in [2.05, 4.69) is 15.9 Å². The zero-order chi connectivity index (χ0) is 22.4. The molecule has 0 spiro atoms. The fourth-order valence-corrected chi connectivity index (χ4v) is 5.62. The highest BCUT2D eigenvalue weighted by molar-refractivity contribution is 9.10. The van der Waals surface area contributed by atoms with E-state index in [-0.39, 0.29) is 16.7 Å². The van der Waals surface area contributed by atoms with Crippen LogP contribution in [0.15, 0.2) is 82.2 Å². The van der Waals surface area contributed by atoms with Crippen LogP contribution in [0.5, 0.6) is 0 Å². The molecule has 5 rings (SSSR count). The Kier molecular flexibility index (Phi) is 5.44. The highest BCUT2D eigenvalue weighted by Gasteiger charge is 2.42. The SMILES string of the molecule is O=C1C(=C2SC(=S)N(c3ccc(F)cc3)C2=O)c2ccccc2N1Cc1cccc(Br)c1. The first-order valence-corrected chi connectivity index (χ1v) is 11.7. The third kappa shape index (κ3) is 3.58. The lowest BCUT2D eigenvalue weighted by Crippen LogP contribution is -2.29. The lowest BCUT2D eigenvalue weighted by atomic mass is 10.1. The maximum absolute atomic E-state index is 13.6. The van der Waals surface area contributed by atoms with E-state index in [1.54, 1.807) is 4.90 Å². The van der Waals surface area contributed by atoms with Crippen molar-refractivity contribution in [3.05, 3.63) is 99.1 Å². The van der Waals surface area contributed by atoms with Crippen molar-refractivity contribution in [3.8, 4) is 0 Å². The second-order valence-corrected chi connectivity index (χ2v) is 9.79. The minimum absolute atomic E-state index is 0.245. The normalized spacial score (nSPS) is 18.0. The van der Waals surface area contributed by atoms with Crippen molar-refractivity contribution >= 4 is 73.0 Å². The predicted octanol–water partition coefficient (Wildman–Crippen LogP) is 5.91. The molecule has 2 aliphatic rings. The number of para-hydroxylation sites is 1. The van der Waals surface area contributed by atoms with E-state index in [1.165, 1.54) is 29.2 Å². The van der Waals surface area contributed by atoms with Gasteiger partial charge in [0, 0.05) is 10.0 Å². The summed E-state index contributed by atoms with van der Waals surface area (Å²) in [6.07, 6.45) is 0. The lowest BCUT2D eigenvalue weighted by molar-refractivity contribution is -0.115. The van der Waals surface area contributed by atoms with Gasteiger partial charge in [-0.25, -0.2) is 4.39 Å². The largest absolute Gasteiger partial charge is 0.303 e. The van der Waals surface area contributed by atoms with Crippen LogP contribution in [0.1, 0.15) is 11.1 Å². The minimum Gasteiger partial charge on any atom is -0.303 e. The van der Waals surface area contributed by atoms with Crippen LogP contribution >= 0.6 is 39.9 Å². The fourth-order valence-electron chi connectivity index (χ4n) is 3.81. The van der Waals surface area contributed by atoms with Gasteiger partial charge in [-0.3, -0.25) is 14.5 Å². The van der Waals surface area contributed by atoms with Gasteiger partial charge in [-0.1, -0.05) is 70.2 Å². The number of fused-ring (bicyclic) bond motifs is 1. The maximum atomic E-state index is 13.6. The van der Waals surface area contributed by atoms with Gasteiger partial charge in [0.15, 0.2) is 4.32 Å². The molecule has 2 aliphatic heterocycles. The Morgan fingerprint density at radius 2 is 1.69 bits per heavy atom. The van der Waals surface area contributed by atoms with Gasteiger partial charge >= 0.3 is 0 Å². The molecule has 0 saturated carbocycles. The van der Waals surface area contributed by atoms with Gasteiger partial charge in [0.25, 0.3) is 11.8 Å². The molecular weight excluding hydrogens is 511 g/mol. The monoisotopic (exact) mass is 524 g/mol. The van der Waals surface area contributed by atoms with Gasteiger partial charge in [-0.2, -0.15) is 0 Å². The third-order valence-corrected chi connectivity index (χ3v) is 7.10. The summed E-state index contributed by atoms with van der Waals surface area (Å²) in [6.45, 7) is 0.372. The molecule has 4 nitrogen and oxygen atoms in total. The average Bonchev–Trinajstić information content (AvgIpc) is 3.21. The summed E-state index contributed by atoms with van der Waals surface area (Å²) in [7, 11) is 0. The minimum atomic E-state index is -0.402. The summed E-state index contributed by atoms with van der Waals surface area (Å²) >= 11 is 10.0. The first-order valence-electron chi connectivity index (χ1n) is 9.66. The van der Waals surface area contributed by atoms with Crippen LogP contribution in [0.2, 0.25) is 0 Å². The van der Waals surface area contributed by atoms with E-state index in [0.29, 0.717) is 27.7 Å². The number of nitrogens with zero attached hydrogens (tertiary/aromatic N) is 2. The molecule has 0 atom stereocenters. The van der Waals surface area contributed by atoms with E-state index in [4.69, 9.17) is 12.2 Å². The van der Waals surface area contributed by atoms with Crippen molar-refractivity contribution in [2.45, 2.75) is 6.54 Å². The second kappa shape index (κ2) is 8.27. The number of thiocarbonyl (C=S) groups is 1. The summed E-state index contributed by atoms with van der Waals surface area (Å²) in [5, 5.41) is 0. The number of hydrogen-bond acceptors (Lipinski definition) is 4. The number of thioether (sulfide) groups is 1. The van der Waals surface area contributed by atoms with Crippen LogP contribution in [0.3, 0.4) is 0 Å². The molecule has 0 bridgehead atoms. The summed E-state index contributed by atoms with van der Waals surface area (Å²) in [4.78, 5) is 30.2. The topological polar surface area (TPSA) is 40.6 Å². The van der Waals surface area contributed by atoms with E-state index >= 15 is 0 Å². The number of carbonyl (C=O) groups is 2. The number of hydrogen-bond donors (Lipinski definition) is 0. The Hall–Kier alpha value is -2.81. The van der Waals surface area contributed by atoms with Gasteiger partial charge in [-0.05, 0) is 48.0 Å². The number of halogens is 2. The molecule has 0 unspecified atom stereocenters. The Balaban J connectivity index is 1.57. The smallest absolute Gasteiger partial charge is 0.271 e. The third-order valence-electron chi connectivity index (χ3n) is 5.23. The van der Waals surface area contributed by atoms with Crippen LogP contribution in [0.4, 0.5) is 15.8 Å². The van der Waals surface area contributed by atoms with E-state index in [1.807, 2.05) is 48.5 Å². The average molecular weight is 525 g/mol. The summed E-state index contributed by atoms with van der Waals surface area (Å²) < 4.78 is 14.6. The molecule has 3 aromatic carbocycles. The molecule has 1 saturated heterocycles. The molecule has 0 aliphatic carbocycles. The van der Waals surface area contributed by atoms with E-state index in [9.17, 15) is 14.0 Å². The van der Waals surface area contributed by atoms with Gasteiger partial charge in [0.1, 0.15) is 5.82 Å². The number of rotatable bonds is 3. The zero-order valence-electron chi connectivity index (χ0n) is 16.4. The molecule has 1 fully saturated rings. The number of carbonyl (C=O) groups excluding carboxylic acids is 2. The highest BCUT2D eigenvalue weighted by atomic mass is 79.9. The van der Waals surface area contributed by atoms with Crippen LogP contribution in [0.25, 0.3) is 5.57 Å². The summed E-state index contributed by atoms with van der Waals surface area (Å²) in [5.74, 6) is -1.03. The summed E-state index contributed by atoms with van der Waals surface area (Å²) in [5.41, 5.74) is 3.22. The van der Waals surface area contributed by atoms with Gasteiger partial charge in [-0.15, -0.1) is 0 Å². The molecule has 2 heterocycles. The number of amides is 2. The van der Waals surface area contributed by atoms with Crippen molar-refractivity contribution in [1.29, 1.82) is 0 Å². The fraction of sp³-hybridized carbons (Fsp3) is 0.0417. The molecule has 158 valence electrons. The molecule has 0 N–H and O–H groups in total. The highest BCUT2D eigenvalue weighted by Crippen LogP contribution is 2.46. The molecular formula is C24H14BrFN2O2S2. The molecule has 8 heteroatoms. The van der Waals surface area contributed by atoms with Gasteiger partial charge in [0.2, 0.25) is 0 Å². The molecule has 32 heavy (non-hydrogen) atoms. The standard InChI is InChI=1S/C24H14BrFN2O2S2/c25-15-5-3-4-14(12-15)13-27-19-7-2-1-6-18(19)20(22(27)29)21-23(30)28(24(31)32-21)17-10-8-16(26)9-11-17/h1-12H,13H2. The Labute approximate surface area is 201 Å². The maximum Gasteiger partial charge on any atom is 0.271 e. The second-order valence-electron chi connectivity index (χ2n) is 7.23. The Morgan fingerprint density at radius 1 is 0.938 bits per heavy atom. The zero-order valence-corrected chi connectivity index (χ0v) is 19.6. The number of anilines is 2. The van der Waals surface area contributed by atoms with Crippen LogP contribution in [0, 0.1) is 5.82 Å². The van der Waals surface area contributed by atoms with Crippen LogP contribution < -0.4 is 9.80 Å². The Morgan fingerprint density at radius 3 is 2.44 bits per heavy atom. The first-order chi connectivity index (χ1) is 15.4. The van der Waals surface area contributed by atoms with Crippen molar-refractivity contribution in [1.82, 2.24) is 0 Å². The van der Waals surface area contributed by atoms with Gasteiger partial charge in [0.05, 0.1) is 28.4 Å². The molecule has 0 aromatic heterocycles. The Bertz CT molecular complexity index is 1320. The quantitative estimate of drug-likeness (QED) is 0.315. The molecule has 3 aromatic rings. The lowest BCUT2D eigenvalue weighted by Gasteiger charge is -2.17. The van der Waals surface area contributed by atoms with Crippen molar-refractivity contribution in [3.63, 3.8) is 0 Å². The predicted molar refractivity (Wildman–Crippen MR) is 133 cm³/mol. The van der Waals surface area contributed by atoms with Crippen LogP contribution in [-0.2, 0) is 16.1 Å².